The van der Waals surface area contributed by atoms with Crippen LogP contribution in [0.15, 0.2) is 30.3 Å². The Kier molecular flexibility index (Phi) is 4.47. The third-order valence-corrected chi connectivity index (χ3v) is 4.28. The van der Waals surface area contributed by atoms with Gasteiger partial charge >= 0.3 is 5.97 Å². The van der Waals surface area contributed by atoms with Crippen molar-refractivity contribution in [1.82, 2.24) is 0 Å². The number of carbonyl (C=O) groups excluding carboxylic acids is 1. The van der Waals surface area contributed by atoms with E-state index in [0.717, 1.165) is 5.56 Å². The Hall–Kier alpha value is -1.43. The van der Waals surface area contributed by atoms with Gasteiger partial charge in [-0.2, -0.15) is 0 Å². The Morgan fingerprint density at radius 2 is 1.95 bits per heavy atom. The molecule has 5 heteroatoms. The van der Waals surface area contributed by atoms with Crippen LogP contribution in [-0.4, -0.2) is 31.3 Å². The maximum Gasteiger partial charge on any atom is 0.317 e. The summed E-state index contributed by atoms with van der Waals surface area (Å²) in [5, 5.41) is 0. The second-order valence-electron chi connectivity index (χ2n) is 5.88. The number of esters is 1. The van der Waals surface area contributed by atoms with E-state index in [9.17, 15) is 4.79 Å². The Bertz CT molecular complexity index is 503. The first-order chi connectivity index (χ1) is 10.6. The molecule has 1 saturated carbocycles. The minimum Gasteiger partial charge on any atom is -0.465 e. The standard InChI is InChI=1S/C17H22O5/c1-3-19-15(18)17(16-21-12(2)22-16)9-14(10-17)20-11-13-7-5-4-6-8-13/h4-8,12,14,16H,3,9-11H2,1-2H3. The smallest absolute Gasteiger partial charge is 0.317 e. The zero-order valence-corrected chi connectivity index (χ0v) is 13.0. The van der Waals surface area contributed by atoms with Gasteiger partial charge in [-0.3, -0.25) is 4.79 Å². The van der Waals surface area contributed by atoms with E-state index in [2.05, 4.69) is 0 Å². The van der Waals surface area contributed by atoms with Gasteiger partial charge in [0.15, 0.2) is 12.6 Å². The van der Waals surface area contributed by atoms with Crippen LogP contribution in [-0.2, 0) is 30.3 Å². The maximum atomic E-state index is 12.3. The predicted molar refractivity (Wildman–Crippen MR) is 78.7 cm³/mol. The molecule has 1 saturated heterocycles. The van der Waals surface area contributed by atoms with Crippen molar-refractivity contribution in [3.63, 3.8) is 0 Å². The number of ether oxygens (including phenoxy) is 4. The fraction of sp³-hybridized carbons (Fsp3) is 0.588. The summed E-state index contributed by atoms with van der Waals surface area (Å²) in [7, 11) is 0. The van der Waals surface area contributed by atoms with Crippen LogP contribution in [0.3, 0.4) is 0 Å². The average Bonchev–Trinajstić information content (AvgIpc) is 2.45. The Labute approximate surface area is 130 Å². The third-order valence-electron chi connectivity index (χ3n) is 4.28. The predicted octanol–water partition coefficient (Wildman–Crippen LogP) is 2.63. The molecule has 2 aliphatic rings. The molecule has 0 bridgehead atoms. The molecule has 1 aliphatic heterocycles. The van der Waals surface area contributed by atoms with E-state index in [0.29, 0.717) is 26.1 Å². The molecule has 5 nitrogen and oxygen atoms in total. The first-order valence-corrected chi connectivity index (χ1v) is 7.78. The summed E-state index contributed by atoms with van der Waals surface area (Å²) >= 11 is 0. The van der Waals surface area contributed by atoms with E-state index in [4.69, 9.17) is 18.9 Å². The first-order valence-electron chi connectivity index (χ1n) is 7.78. The molecular weight excluding hydrogens is 284 g/mol. The molecular formula is C17H22O5. The van der Waals surface area contributed by atoms with Crippen molar-refractivity contribution in [1.29, 1.82) is 0 Å². The van der Waals surface area contributed by atoms with Crippen molar-refractivity contribution in [2.24, 2.45) is 5.41 Å². The zero-order chi connectivity index (χ0) is 15.6. The second-order valence-corrected chi connectivity index (χ2v) is 5.88. The molecule has 0 unspecified atom stereocenters. The Balaban J connectivity index is 1.55. The normalized spacial score (nSPS) is 33.6. The van der Waals surface area contributed by atoms with Gasteiger partial charge in [0.05, 0.1) is 19.3 Å². The minimum absolute atomic E-state index is 0.0349. The molecule has 0 aromatic heterocycles. The van der Waals surface area contributed by atoms with Gasteiger partial charge in [0.25, 0.3) is 0 Å². The molecule has 0 spiro atoms. The molecule has 120 valence electrons. The van der Waals surface area contributed by atoms with Gasteiger partial charge in [-0.1, -0.05) is 30.3 Å². The van der Waals surface area contributed by atoms with Crippen LogP contribution < -0.4 is 0 Å². The average molecular weight is 306 g/mol. The number of carbonyl (C=O) groups is 1. The molecule has 1 aromatic rings. The topological polar surface area (TPSA) is 54.0 Å². The van der Waals surface area contributed by atoms with Gasteiger partial charge in [0, 0.05) is 0 Å². The highest BCUT2D eigenvalue weighted by atomic mass is 16.9. The summed E-state index contributed by atoms with van der Waals surface area (Å²) in [6.07, 6.45) is 0.443. The van der Waals surface area contributed by atoms with Gasteiger partial charge < -0.3 is 18.9 Å². The van der Waals surface area contributed by atoms with Crippen molar-refractivity contribution in [3.05, 3.63) is 35.9 Å². The highest BCUT2D eigenvalue weighted by Gasteiger charge is 2.61. The lowest BCUT2D eigenvalue weighted by molar-refractivity contribution is -0.420. The van der Waals surface area contributed by atoms with Crippen molar-refractivity contribution in [2.75, 3.05) is 6.61 Å². The van der Waals surface area contributed by atoms with Gasteiger partial charge in [-0.15, -0.1) is 0 Å². The van der Waals surface area contributed by atoms with E-state index in [1.54, 1.807) is 6.92 Å². The highest BCUT2D eigenvalue weighted by molar-refractivity contribution is 5.79. The van der Waals surface area contributed by atoms with Gasteiger partial charge in [-0.25, -0.2) is 0 Å². The van der Waals surface area contributed by atoms with Crippen molar-refractivity contribution < 1.29 is 23.7 Å². The van der Waals surface area contributed by atoms with Crippen LogP contribution in [0.4, 0.5) is 0 Å². The van der Waals surface area contributed by atoms with Crippen LogP contribution >= 0.6 is 0 Å². The molecule has 1 aromatic carbocycles. The summed E-state index contributed by atoms with van der Waals surface area (Å²) < 4.78 is 22.2. The molecule has 0 N–H and O–H groups in total. The molecule has 0 amide bonds. The minimum atomic E-state index is -0.704. The lowest BCUT2D eigenvalue weighted by atomic mass is 9.65. The Morgan fingerprint density at radius 1 is 1.27 bits per heavy atom. The molecule has 0 radical (unpaired) electrons. The van der Waals surface area contributed by atoms with E-state index in [1.807, 2.05) is 37.3 Å². The second kappa shape index (κ2) is 6.36. The lowest BCUT2D eigenvalue weighted by Gasteiger charge is -2.53. The molecule has 2 fully saturated rings. The third kappa shape index (κ3) is 2.89. The summed E-state index contributed by atoms with van der Waals surface area (Å²) in [6.45, 7) is 4.53. The molecule has 3 rings (SSSR count). The van der Waals surface area contributed by atoms with Gasteiger partial charge in [-0.05, 0) is 32.3 Å². The van der Waals surface area contributed by atoms with Gasteiger partial charge in [0.2, 0.25) is 0 Å². The number of hydrogen-bond acceptors (Lipinski definition) is 5. The number of hydrogen-bond donors (Lipinski definition) is 0. The first kappa shape index (κ1) is 15.5. The maximum absolute atomic E-state index is 12.3. The lowest BCUT2D eigenvalue weighted by Crippen LogP contribution is -2.62. The van der Waals surface area contributed by atoms with Crippen molar-refractivity contribution in [3.8, 4) is 0 Å². The zero-order valence-electron chi connectivity index (χ0n) is 13.0. The van der Waals surface area contributed by atoms with Crippen molar-refractivity contribution in [2.45, 2.75) is 52.0 Å². The fourth-order valence-corrected chi connectivity index (χ4v) is 3.01. The summed E-state index contributed by atoms with van der Waals surface area (Å²) in [5.41, 5.74) is 0.421. The van der Waals surface area contributed by atoms with Crippen LogP contribution in [0.5, 0.6) is 0 Å². The van der Waals surface area contributed by atoms with E-state index in [-0.39, 0.29) is 18.4 Å². The summed E-state index contributed by atoms with van der Waals surface area (Å²) in [6, 6.07) is 10.00. The quantitative estimate of drug-likeness (QED) is 0.756. The summed E-state index contributed by atoms with van der Waals surface area (Å²) in [4.78, 5) is 12.3. The molecule has 0 atom stereocenters. The largest absolute Gasteiger partial charge is 0.465 e. The highest BCUT2D eigenvalue weighted by Crippen LogP contribution is 2.51. The molecule has 1 heterocycles. The molecule has 22 heavy (non-hydrogen) atoms. The Morgan fingerprint density at radius 3 is 2.55 bits per heavy atom. The molecule has 1 aliphatic carbocycles. The van der Waals surface area contributed by atoms with Crippen molar-refractivity contribution >= 4 is 5.97 Å². The number of rotatable bonds is 6. The fourth-order valence-electron chi connectivity index (χ4n) is 3.01. The SMILES string of the molecule is CCOC(=O)C1(C2OC(C)O2)CC(OCc2ccccc2)C1. The van der Waals surface area contributed by atoms with E-state index < -0.39 is 11.7 Å². The van der Waals surface area contributed by atoms with E-state index in [1.165, 1.54) is 0 Å². The number of benzene rings is 1. The van der Waals surface area contributed by atoms with Crippen LogP contribution in [0.1, 0.15) is 32.3 Å². The van der Waals surface area contributed by atoms with Gasteiger partial charge in [0.1, 0.15) is 5.41 Å². The van der Waals surface area contributed by atoms with Crippen LogP contribution in [0, 0.1) is 5.41 Å². The summed E-state index contributed by atoms with van der Waals surface area (Å²) in [5.74, 6) is -0.244. The van der Waals surface area contributed by atoms with E-state index >= 15 is 0 Å². The van der Waals surface area contributed by atoms with Crippen LogP contribution in [0.25, 0.3) is 0 Å². The van der Waals surface area contributed by atoms with Crippen LogP contribution in [0.2, 0.25) is 0 Å². The monoisotopic (exact) mass is 306 g/mol.